The average molecular weight is 377 g/mol. The summed E-state index contributed by atoms with van der Waals surface area (Å²) in [4.78, 5) is 39.3. The second-order valence-electron chi connectivity index (χ2n) is 6.41. The Kier molecular flexibility index (Phi) is 5.89. The highest BCUT2D eigenvalue weighted by Gasteiger charge is 2.25. The van der Waals surface area contributed by atoms with Gasteiger partial charge in [0, 0.05) is 35.9 Å². The van der Waals surface area contributed by atoms with E-state index in [4.69, 9.17) is 0 Å². The Labute approximate surface area is 163 Å². The van der Waals surface area contributed by atoms with Gasteiger partial charge in [-0.2, -0.15) is 0 Å². The van der Waals surface area contributed by atoms with Crippen molar-refractivity contribution in [1.29, 1.82) is 0 Å². The fourth-order valence-corrected chi connectivity index (χ4v) is 3.20. The van der Waals surface area contributed by atoms with E-state index in [9.17, 15) is 14.4 Å². The van der Waals surface area contributed by atoms with Gasteiger partial charge in [-0.1, -0.05) is 36.4 Å². The summed E-state index contributed by atoms with van der Waals surface area (Å²) in [7, 11) is 0. The minimum Gasteiger partial charge on any atom is -0.337 e. The summed E-state index contributed by atoms with van der Waals surface area (Å²) in [6, 6.07) is 16.5. The maximum Gasteiger partial charge on any atom is 0.295 e. The number of nitrogens with zero attached hydrogens (tertiary/aromatic N) is 2. The van der Waals surface area contributed by atoms with Gasteiger partial charge in [0.2, 0.25) is 5.91 Å². The number of fused-ring (bicyclic) bond motifs is 1. The van der Waals surface area contributed by atoms with E-state index in [2.05, 4.69) is 5.32 Å². The SMILES string of the molecule is CCN(CC)C(=O)C(=O)c1cn(CC(=O)Nc2ccccc2)c2ccccc12. The molecule has 1 aromatic heterocycles. The largest absolute Gasteiger partial charge is 0.337 e. The molecule has 2 amide bonds. The zero-order chi connectivity index (χ0) is 20.1. The molecule has 0 aliphatic heterocycles. The zero-order valence-corrected chi connectivity index (χ0v) is 16.0. The molecule has 0 unspecified atom stereocenters. The molecule has 0 fully saturated rings. The maximum atomic E-state index is 12.8. The van der Waals surface area contributed by atoms with Gasteiger partial charge >= 0.3 is 0 Å². The standard InChI is InChI=1S/C22H23N3O3/c1-3-24(4-2)22(28)21(27)18-14-25(19-13-9-8-12-17(18)19)15-20(26)23-16-10-6-5-7-11-16/h5-14H,3-4,15H2,1-2H3,(H,23,26). The minimum atomic E-state index is -0.554. The molecular formula is C22H23N3O3. The molecule has 3 rings (SSSR count). The molecule has 0 spiro atoms. The van der Waals surface area contributed by atoms with Crippen LogP contribution in [0, 0.1) is 0 Å². The van der Waals surface area contributed by atoms with Crippen LogP contribution < -0.4 is 5.32 Å². The average Bonchev–Trinajstić information content (AvgIpc) is 3.07. The second-order valence-corrected chi connectivity index (χ2v) is 6.41. The number of carbonyl (C=O) groups is 3. The number of carbonyl (C=O) groups excluding carboxylic acids is 3. The first-order valence-corrected chi connectivity index (χ1v) is 9.31. The summed E-state index contributed by atoms with van der Waals surface area (Å²) in [5.41, 5.74) is 1.76. The number of Topliss-reactive ketones (excluding diaryl/α,β-unsaturated/α-hetero) is 1. The predicted molar refractivity (Wildman–Crippen MR) is 109 cm³/mol. The number of anilines is 1. The third-order valence-corrected chi connectivity index (χ3v) is 4.65. The third kappa shape index (κ3) is 3.96. The van der Waals surface area contributed by atoms with Gasteiger partial charge < -0.3 is 14.8 Å². The van der Waals surface area contributed by atoms with Crippen LogP contribution in [0.1, 0.15) is 24.2 Å². The van der Waals surface area contributed by atoms with Gasteiger partial charge in [0.05, 0.1) is 5.56 Å². The Morgan fingerprint density at radius 3 is 2.25 bits per heavy atom. The van der Waals surface area contributed by atoms with Crippen LogP contribution in [0.2, 0.25) is 0 Å². The molecule has 28 heavy (non-hydrogen) atoms. The van der Waals surface area contributed by atoms with Crippen LogP contribution in [-0.2, 0) is 16.1 Å². The summed E-state index contributed by atoms with van der Waals surface area (Å²) in [5.74, 6) is -1.29. The van der Waals surface area contributed by atoms with Gasteiger partial charge in [-0.15, -0.1) is 0 Å². The van der Waals surface area contributed by atoms with E-state index in [0.717, 1.165) is 5.52 Å². The lowest BCUT2D eigenvalue weighted by molar-refractivity contribution is -0.126. The van der Waals surface area contributed by atoms with Gasteiger partial charge in [0.15, 0.2) is 0 Å². The number of para-hydroxylation sites is 2. The van der Waals surface area contributed by atoms with Gasteiger partial charge in [0.1, 0.15) is 6.54 Å². The van der Waals surface area contributed by atoms with Crippen molar-refractivity contribution in [3.8, 4) is 0 Å². The van der Waals surface area contributed by atoms with Gasteiger partial charge in [-0.05, 0) is 32.0 Å². The van der Waals surface area contributed by atoms with Crippen LogP contribution in [0.15, 0.2) is 60.8 Å². The van der Waals surface area contributed by atoms with Crippen molar-refractivity contribution in [3.63, 3.8) is 0 Å². The quantitative estimate of drug-likeness (QED) is 0.507. The summed E-state index contributed by atoms with van der Waals surface area (Å²) < 4.78 is 1.70. The highest BCUT2D eigenvalue weighted by molar-refractivity contribution is 6.44. The first-order chi connectivity index (χ1) is 13.5. The smallest absolute Gasteiger partial charge is 0.295 e. The molecule has 1 heterocycles. The van der Waals surface area contributed by atoms with Crippen LogP contribution in [0.3, 0.4) is 0 Å². The molecule has 0 radical (unpaired) electrons. The number of hydrogen-bond donors (Lipinski definition) is 1. The van der Waals surface area contributed by atoms with E-state index in [1.54, 1.807) is 16.8 Å². The van der Waals surface area contributed by atoms with Crippen LogP contribution >= 0.6 is 0 Å². The normalized spacial score (nSPS) is 10.6. The predicted octanol–water partition coefficient (Wildman–Crippen LogP) is 3.33. The Balaban J connectivity index is 1.89. The molecule has 0 aliphatic rings. The topological polar surface area (TPSA) is 71.4 Å². The van der Waals surface area contributed by atoms with Crippen LogP contribution in [0.25, 0.3) is 10.9 Å². The number of aromatic nitrogens is 1. The van der Waals surface area contributed by atoms with Crippen LogP contribution in [0.5, 0.6) is 0 Å². The molecule has 0 bridgehead atoms. The lowest BCUT2D eigenvalue weighted by Crippen LogP contribution is -2.36. The molecule has 0 saturated heterocycles. The molecule has 0 aliphatic carbocycles. The monoisotopic (exact) mass is 377 g/mol. The number of benzene rings is 2. The van der Waals surface area contributed by atoms with Gasteiger partial charge in [0.25, 0.3) is 11.7 Å². The van der Waals surface area contributed by atoms with Crippen molar-refractivity contribution in [2.45, 2.75) is 20.4 Å². The fourth-order valence-electron chi connectivity index (χ4n) is 3.20. The Hall–Kier alpha value is -3.41. The van der Waals surface area contributed by atoms with E-state index in [1.165, 1.54) is 4.90 Å². The molecule has 2 aromatic carbocycles. The molecule has 0 atom stereocenters. The van der Waals surface area contributed by atoms with E-state index in [0.29, 0.717) is 29.7 Å². The van der Waals surface area contributed by atoms with E-state index < -0.39 is 11.7 Å². The molecule has 3 aromatic rings. The lowest BCUT2D eigenvalue weighted by Gasteiger charge is -2.17. The summed E-state index contributed by atoms with van der Waals surface area (Å²) in [5, 5.41) is 3.50. The number of ketones is 1. The van der Waals surface area contributed by atoms with E-state index in [1.807, 2.05) is 62.4 Å². The number of amides is 2. The highest BCUT2D eigenvalue weighted by atomic mass is 16.2. The van der Waals surface area contributed by atoms with Gasteiger partial charge in [-0.25, -0.2) is 0 Å². The molecule has 6 nitrogen and oxygen atoms in total. The fraction of sp³-hybridized carbons (Fsp3) is 0.227. The Bertz CT molecular complexity index is 1000. The van der Waals surface area contributed by atoms with Crippen molar-refractivity contribution >= 4 is 34.2 Å². The highest BCUT2D eigenvalue weighted by Crippen LogP contribution is 2.22. The lowest BCUT2D eigenvalue weighted by atomic mass is 10.1. The molecule has 0 saturated carbocycles. The second kappa shape index (κ2) is 8.52. The van der Waals surface area contributed by atoms with Crippen molar-refractivity contribution in [3.05, 3.63) is 66.4 Å². The zero-order valence-electron chi connectivity index (χ0n) is 16.0. The Morgan fingerprint density at radius 1 is 0.929 bits per heavy atom. The molecular weight excluding hydrogens is 354 g/mol. The number of likely N-dealkylation sites (N-methyl/N-ethyl adjacent to an activating group) is 1. The Morgan fingerprint density at radius 2 is 1.57 bits per heavy atom. The summed E-state index contributed by atoms with van der Waals surface area (Å²) in [6.45, 7) is 4.66. The van der Waals surface area contributed by atoms with E-state index >= 15 is 0 Å². The minimum absolute atomic E-state index is 0.0438. The summed E-state index contributed by atoms with van der Waals surface area (Å²) in [6.07, 6.45) is 1.60. The van der Waals surface area contributed by atoms with Crippen molar-refractivity contribution in [1.82, 2.24) is 9.47 Å². The van der Waals surface area contributed by atoms with Crippen LogP contribution in [0.4, 0.5) is 5.69 Å². The van der Waals surface area contributed by atoms with Crippen LogP contribution in [-0.4, -0.2) is 40.2 Å². The van der Waals surface area contributed by atoms with Crippen molar-refractivity contribution < 1.29 is 14.4 Å². The number of hydrogen-bond acceptors (Lipinski definition) is 3. The van der Waals surface area contributed by atoms with E-state index in [-0.39, 0.29) is 12.5 Å². The molecule has 1 N–H and O–H groups in total. The van der Waals surface area contributed by atoms with Crippen molar-refractivity contribution in [2.75, 3.05) is 18.4 Å². The molecule has 144 valence electrons. The third-order valence-electron chi connectivity index (χ3n) is 4.65. The van der Waals surface area contributed by atoms with Crippen molar-refractivity contribution in [2.24, 2.45) is 0 Å². The first-order valence-electron chi connectivity index (χ1n) is 9.31. The van der Waals surface area contributed by atoms with Gasteiger partial charge in [-0.3, -0.25) is 14.4 Å². The first kappa shape index (κ1) is 19.4. The number of nitrogens with one attached hydrogen (secondary N) is 1. The number of rotatable bonds is 7. The summed E-state index contributed by atoms with van der Waals surface area (Å²) >= 11 is 0. The maximum absolute atomic E-state index is 12.8. The molecule has 6 heteroatoms.